The highest BCUT2D eigenvalue weighted by Gasteiger charge is 2.28. The molecule has 2 aromatic rings. The monoisotopic (exact) mass is 362 g/mol. The molecule has 1 atom stereocenters. The van der Waals surface area contributed by atoms with Gasteiger partial charge < -0.3 is 10.2 Å². The van der Waals surface area contributed by atoms with Crippen molar-refractivity contribution in [3.63, 3.8) is 0 Å². The molecule has 1 aliphatic rings. The Morgan fingerprint density at radius 2 is 1.65 bits per heavy atom. The molecule has 2 amide bonds. The van der Waals surface area contributed by atoms with Crippen molar-refractivity contribution in [3.05, 3.63) is 70.5 Å². The SMILES string of the molecule is C[C@H](NC(=O)c1cccc(C(F)F)c1F)C(=O)N1Cc2ccccc2C1. The summed E-state index contributed by atoms with van der Waals surface area (Å²) in [5, 5.41) is 2.39. The Balaban J connectivity index is 1.69. The average molecular weight is 362 g/mol. The van der Waals surface area contributed by atoms with Crippen LogP contribution in [0.3, 0.4) is 0 Å². The van der Waals surface area contributed by atoms with Gasteiger partial charge in [-0.1, -0.05) is 36.4 Å². The molecule has 4 nitrogen and oxygen atoms in total. The molecule has 0 spiro atoms. The fourth-order valence-corrected chi connectivity index (χ4v) is 2.99. The first kappa shape index (κ1) is 18.0. The van der Waals surface area contributed by atoms with Crippen LogP contribution in [0, 0.1) is 5.82 Å². The second-order valence-corrected chi connectivity index (χ2v) is 6.17. The summed E-state index contributed by atoms with van der Waals surface area (Å²) in [7, 11) is 0. The van der Waals surface area contributed by atoms with Gasteiger partial charge in [-0.25, -0.2) is 13.2 Å². The van der Waals surface area contributed by atoms with Gasteiger partial charge in [0, 0.05) is 13.1 Å². The highest BCUT2D eigenvalue weighted by atomic mass is 19.3. The number of fused-ring (bicyclic) bond motifs is 1. The quantitative estimate of drug-likeness (QED) is 0.906. The Morgan fingerprint density at radius 1 is 1.04 bits per heavy atom. The van der Waals surface area contributed by atoms with Crippen molar-refractivity contribution in [2.24, 2.45) is 0 Å². The lowest BCUT2D eigenvalue weighted by Crippen LogP contribution is -2.45. The molecule has 0 bridgehead atoms. The Bertz CT molecular complexity index is 829. The maximum Gasteiger partial charge on any atom is 0.266 e. The Kier molecular flexibility index (Phi) is 4.97. The summed E-state index contributed by atoms with van der Waals surface area (Å²) >= 11 is 0. The number of amides is 2. The minimum atomic E-state index is -3.02. The van der Waals surface area contributed by atoms with Gasteiger partial charge in [0.15, 0.2) is 0 Å². The van der Waals surface area contributed by atoms with Gasteiger partial charge in [0.2, 0.25) is 5.91 Å². The third-order valence-corrected chi connectivity index (χ3v) is 4.38. The van der Waals surface area contributed by atoms with Crippen molar-refractivity contribution in [2.75, 3.05) is 0 Å². The van der Waals surface area contributed by atoms with E-state index in [0.29, 0.717) is 13.1 Å². The van der Waals surface area contributed by atoms with E-state index in [-0.39, 0.29) is 5.91 Å². The molecule has 0 aliphatic carbocycles. The van der Waals surface area contributed by atoms with Crippen LogP contribution in [0.4, 0.5) is 13.2 Å². The summed E-state index contributed by atoms with van der Waals surface area (Å²) < 4.78 is 39.6. The minimum Gasteiger partial charge on any atom is -0.340 e. The molecule has 136 valence electrons. The lowest BCUT2D eigenvalue weighted by molar-refractivity contribution is -0.133. The zero-order chi connectivity index (χ0) is 18.8. The molecule has 26 heavy (non-hydrogen) atoms. The van der Waals surface area contributed by atoms with E-state index in [1.54, 1.807) is 4.90 Å². The first-order valence-corrected chi connectivity index (χ1v) is 8.11. The van der Waals surface area contributed by atoms with E-state index in [2.05, 4.69) is 5.32 Å². The van der Waals surface area contributed by atoms with Crippen LogP contribution in [0.5, 0.6) is 0 Å². The lowest BCUT2D eigenvalue weighted by Gasteiger charge is -2.21. The zero-order valence-corrected chi connectivity index (χ0v) is 14.0. The summed E-state index contributed by atoms with van der Waals surface area (Å²) in [6, 6.07) is 9.93. The van der Waals surface area contributed by atoms with Gasteiger partial charge in [-0.3, -0.25) is 9.59 Å². The fraction of sp³-hybridized carbons (Fsp3) is 0.263. The van der Waals surface area contributed by atoms with Crippen LogP contribution >= 0.6 is 0 Å². The molecule has 7 heteroatoms. The van der Waals surface area contributed by atoms with Crippen LogP contribution in [0.2, 0.25) is 0 Å². The van der Waals surface area contributed by atoms with E-state index in [9.17, 15) is 22.8 Å². The van der Waals surface area contributed by atoms with Crippen molar-refractivity contribution in [3.8, 4) is 0 Å². The lowest BCUT2D eigenvalue weighted by atomic mass is 10.1. The molecular formula is C19H17F3N2O2. The van der Waals surface area contributed by atoms with Gasteiger partial charge >= 0.3 is 0 Å². The largest absolute Gasteiger partial charge is 0.340 e. The Labute approximate surface area is 148 Å². The first-order chi connectivity index (χ1) is 12.4. The van der Waals surface area contributed by atoms with Gasteiger partial charge in [-0.2, -0.15) is 0 Å². The highest BCUT2D eigenvalue weighted by Crippen LogP contribution is 2.25. The van der Waals surface area contributed by atoms with Crippen LogP contribution < -0.4 is 5.32 Å². The van der Waals surface area contributed by atoms with Crippen LogP contribution in [0.25, 0.3) is 0 Å². The van der Waals surface area contributed by atoms with E-state index >= 15 is 0 Å². The molecule has 0 fully saturated rings. The third kappa shape index (κ3) is 3.42. The fourth-order valence-electron chi connectivity index (χ4n) is 2.99. The van der Waals surface area contributed by atoms with E-state index < -0.39 is 35.3 Å². The first-order valence-electron chi connectivity index (χ1n) is 8.11. The third-order valence-electron chi connectivity index (χ3n) is 4.38. The number of rotatable bonds is 4. The van der Waals surface area contributed by atoms with Crippen LogP contribution in [0.15, 0.2) is 42.5 Å². The molecule has 0 saturated carbocycles. The van der Waals surface area contributed by atoms with E-state index in [0.717, 1.165) is 23.3 Å². The highest BCUT2D eigenvalue weighted by molar-refractivity contribution is 5.97. The molecule has 1 heterocycles. The number of halogens is 3. The predicted molar refractivity (Wildman–Crippen MR) is 89.0 cm³/mol. The van der Waals surface area contributed by atoms with E-state index in [1.807, 2.05) is 24.3 Å². The molecule has 0 unspecified atom stereocenters. The van der Waals surface area contributed by atoms with Crippen LogP contribution in [-0.2, 0) is 17.9 Å². The number of carbonyl (C=O) groups excluding carboxylic acids is 2. The Morgan fingerprint density at radius 3 is 2.23 bits per heavy atom. The number of benzene rings is 2. The number of carbonyl (C=O) groups is 2. The number of hydrogen-bond acceptors (Lipinski definition) is 2. The molecule has 1 N–H and O–H groups in total. The number of nitrogens with zero attached hydrogens (tertiary/aromatic N) is 1. The molecule has 0 aromatic heterocycles. The van der Waals surface area contributed by atoms with Crippen LogP contribution in [-0.4, -0.2) is 22.8 Å². The second kappa shape index (κ2) is 7.19. The summed E-state index contributed by atoms with van der Waals surface area (Å²) in [6.45, 7) is 2.35. The van der Waals surface area contributed by atoms with Crippen molar-refractivity contribution < 1.29 is 22.8 Å². The summed E-state index contributed by atoms with van der Waals surface area (Å²) in [5.74, 6) is -2.49. The predicted octanol–water partition coefficient (Wildman–Crippen LogP) is 3.42. The van der Waals surface area contributed by atoms with Crippen molar-refractivity contribution >= 4 is 11.8 Å². The number of alkyl halides is 2. The zero-order valence-electron chi connectivity index (χ0n) is 14.0. The van der Waals surface area contributed by atoms with Crippen molar-refractivity contribution in [2.45, 2.75) is 32.5 Å². The van der Waals surface area contributed by atoms with Gasteiger partial charge in [-0.05, 0) is 24.1 Å². The summed E-state index contributed by atoms with van der Waals surface area (Å²) in [5.41, 5.74) is 0.726. The molecule has 0 saturated heterocycles. The summed E-state index contributed by atoms with van der Waals surface area (Å²) in [6.07, 6.45) is -3.02. The van der Waals surface area contributed by atoms with Gasteiger partial charge in [0.05, 0.1) is 11.1 Å². The van der Waals surface area contributed by atoms with Gasteiger partial charge in [0.1, 0.15) is 11.9 Å². The summed E-state index contributed by atoms with van der Waals surface area (Å²) in [4.78, 5) is 26.3. The number of nitrogens with one attached hydrogen (secondary N) is 1. The standard InChI is InChI=1S/C19H17F3N2O2/c1-11(19(26)24-9-12-5-2-3-6-13(12)10-24)23-18(25)15-8-4-7-14(16(15)20)17(21)22/h2-8,11,17H,9-10H2,1H3,(H,23,25)/t11-/m0/s1. The topological polar surface area (TPSA) is 49.4 Å². The van der Waals surface area contributed by atoms with Gasteiger partial charge in [-0.15, -0.1) is 0 Å². The molecule has 0 radical (unpaired) electrons. The van der Waals surface area contributed by atoms with Crippen LogP contribution in [0.1, 0.15) is 40.4 Å². The van der Waals surface area contributed by atoms with Gasteiger partial charge in [0.25, 0.3) is 12.3 Å². The average Bonchev–Trinajstić information content (AvgIpc) is 3.04. The maximum atomic E-state index is 14.1. The maximum absolute atomic E-state index is 14.1. The molecule has 2 aromatic carbocycles. The normalized spacial score (nSPS) is 14.3. The van der Waals surface area contributed by atoms with Crippen molar-refractivity contribution in [1.29, 1.82) is 0 Å². The molecule has 3 rings (SSSR count). The van der Waals surface area contributed by atoms with E-state index in [4.69, 9.17) is 0 Å². The number of hydrogen-bond donors (Lipinski definition) is 1. The Hall–Kier alpha value is -2.83. The second-order valence-electron chi connectivity index (χ2n) is 6.17. The minimum absolute atomic E-state index is 0.319. The molecular weight excluding hydrogens is 345 g/mol. The molecule has 1 aliphatic heterocycles. The smallest absolute Gasteiger partial charge is 0.266 e. The van der Waals surface area contributed by atoms with E-state index in [1.165, 1.54) is 13.0 Å². The van der Waals surface area contributed by atoms with Crippen molar-refractivity contribution in [1.82, 2.24) is 10.2 Å².